The summed E-state index contributed by atoms with van der Waals surface area (Å²) in [5.74, 6) is 0.989. The number of anilines is 1. The molecule has 0 aromatic heterocycles. The second-order valence-corrected chi connectivity index (χ2v) is 8.07. The fourth-order valence-corrected chi connectivity index (χ4v) is 3.77. The maximum absolute atomic E-state index is 12.6. The Morgan fingerprint density at radius 2 is 1.47 bits per heavy atom. The monoisotopic (exact) mass is 426 g/mol. The van der Waals surface area contributed by atoms with Crippen LogP contribution in [0.15, 0.2) is 77.7 Å². The van der Waals surface area contributed by atoms with Gasteiger partial charge in [0.25, 0.3) is 15.9 Å². The molecule has 156 valence electrons. The number of hydrogen-bond donors (Lipinski definition) is 2. The third kappa shape index (κ3) is 5.30. The molecule has 3 aromatic rings. The number of amides is 1. The van der Waals surface area contributed by atoms with Crippen molar-refractivity contribution in [3.8, 4) is 11.5 Å². The zero-order valence-corrected chi connectivity index (χ0v) is 17.4. The van der Waals surface area contributed by atoms with Crippen LogP contribution in [0.25, 0.3) is 0 Å². The molecule has 0 saturated carbocycles. The summed E-state index contributed by atoms with van der Waals surface area (Å²) in [6, 6.07) is 19.7. The minimum Gasteiger partial charge on any atom is -0.497 e. The Kier molecular flexibility index (Phi) is 6.58. The van der Waals surface area contributed by atoms with Crippen LogP contribution in [0.1, 0.15) is 15.9 Å². The average molecular weight is 426 g/mol. The Bertz CT molecular complexity index is 1110. The molecule has 1 amide bonds. The lowest BCUT2D eigenvalue weighted by Gasteiger charge is -2.11. The lowest BCUT2D eigenvalue weighted by molar-refractivity contribution is 0.0951. The van der Waals surface area contributed by atoms with Crippen LogP contribution in [-0.2, 0) is 16.6 Å². The Hall–Kier alpha value is -3.52. The van der Waals surface area contributed by atoms with Crippen molar-refractivity contribution in [3.05, 3.63) is 83.9 Å². The van der Waals surface area contributed by atoms with Crippen LogP contribution in [0.5, 0.6) is 11.5 Å². The molecule has 30 heavy (non-hydrogen) atoms. The Morgan fingerprint density at radius 3 is 2.07 bits per heavy atom. The standard InChI is InChI=1S/C22H22N2O5S/c1-28-19-8-6-16(7-9-19)15-23-22(25)17-4-3-5-18(14-17)24-30(26,27)21-12-10-20(29-2)11-13-21/h3-14,24H,15H2,1-2H3,(H,23,25). The summed E-state index contributed by atoms with van der Waals surface area (Å²) in [6.07, 6.45) is 0. The van der Waals surface area contributed by atoms with Gasteiger partial charge < -0.3 is 14.8 Å². The quantitative estimate of drug-likeness (QED) is 0.576. The minimum atomic E-state index is -3.79. The summed E-state index contributed by atoms with van der Waals surface area (Å²) in [5.41, 5.74) is 1.56. The van der Waals surface area contributed by atoms with Gasteiger partial charge in [-0.2, -0.15) is 0 Å². The molecule has 0 spiro atoms. The fraction of sp³-hybridized carbons (Fsp3) is 0.136. The predicted octanol–water partition coefficient (Wildman–Crippen LogP) is 3.43. The van der Waals surface area contributed by atoms with Crippen molar-refractivity contribution in [1.82, 2.24) is 5.32 Å². The number of ether oxygens (including phenoxy) is 2. The van der Waals surface area contributed by atoms with E-state index in [2.05, 4.69) is 10.0 Å². The first-order valence-electron chi connectivity index (χ1n) is 9.09. The zero-order chi connectivity index (χ0) is 21.6. The van der Waals surface area contributed by atoms with Crippen molar-refractivity contribution < 1.29 is 22.7 Å². The van der Waals surface area contributed by atoms with Gasteiger partial charge in [0.15, 0.2) is 0 Å². The lowest BCUT2D eigenvalue weighted by Crippen LogP contribution is -2.23. The molecule has 0 heterocycles. The minimum absolute atomic E-state index is 0.0951. The molecule has 2 N–H and O–H groups in total. The van der Waals surface area contributed by atoms with Crippen LogP contribution in [0.3, 0.4) is 0 Å². The molecular weight excluding hydrogens is 404 g/mol. The number of methoxy groups -OCH3 is 2. The third-order valence-corrected chi connectivity index (χ3v) is 5.76. The van der Waals surface area contributed by atoms with Gasteiger partial charge in [-0.3, -0.25) is 9.52 Å². The van der Waals surface area contributed by atoms with Gasteiger partial charge in [0, 0.05) is 17.8 Å². The largest absolute Gasteiger partial charge is 0.497 e. The molecular formula is C22H22N2O5S. The van der Waals surface area contributed by atoms with Crippen molar-refractivity contribution in [2.24, 2.45) is 0 Å². The van der Waals surface area contributed by atoms with Crippen LogP contribution in [0.4, 0.5) is 5.69 Å². The summed E-state index contributed by atoms with van der Waals surface area (Å²) in [6.45, 7) is 0.338. The average Bonchev–Trinajstić information content (AvgIpc) is 2.77. The van der Waals surface area contributed by atoms with Crippen molar-refractivity contribution in [3.63, 3.8) is 0 Å². The van der Waals surface area contributed by atoms with E-state index in [0.717, 1.165) is 11.3 Å². The van der Waals surface area contributed by atoms with Gasteiger partial charge in [0.1, 0.15) is 11.5 Å². The molecule has 0 radical (unpaired) electrons. The van der Waals surface area contributed by atoms with E-state index < -0.39 is 10.0 Å². The Balaban J connectivity index is 1.67. The SMILES string of the molecule is COc1ccc(CNC(=O)c2cccc(NS(=O)(=O)c3ccc(OC)cc3)c2)cc1. The van der Waals surface area contributed by atoms with E-state index in [9.17, 15) is 13.2 Å². The highest BCUT2D eigenvalue weighted by Gasteiger charge is 2.15. The van der Waals surface area contributed by atoms with Crippen molar-refractivity contribution in [2.45, 2.75) is 11.4 Å². The summed E-state index contributed by atoms with van der Waals surface area (Å²) in [5, 5.41) is 2.82. The Labute approximate surface area is 175 Å². The van der Waals surface area contributed by atoms with Crippen LogP contribution < -0.4 is 19.5 Å². The second-order valence-electron chi connectivity index (χ2n) is 6.39. The van der Waals surface area contributed by atoms with Gasteiger partial charge >= 0.3 is 0 Å². The van der Waals surface area contributed by atoms with Gasteiger partial charge in [0.05, 0.1) is 19.1 Å². The normalized spacial score (nSPS) is 10.9. The van der Waals surface area contributed by atoms with E-state index in [0.29, 0.717) is 23.5 Å². The highest BCUT2D eigenvalue weighted by Crippen LogP contribution is 2.20. The van der Waals surface area contributed by atoms with Crippen molar-refractivity contribution in [1.29, 1.82) is 0 Å². The molecule has 3 rings (SSSR count). The first kappa shape index (κ1) is 21.2. The molecule has 0 aliphatic rings. The molecule has 0 fully saturated rings. The second kappa shape index (κ2) is 9.32. The van der Waals surface area contributed by atoms with E-state index in [1.54, 1.807) is 37.4 Å². The zero-order valence-electron chi connectivity index (χ0n) is 16.6. The third-order valence-electron chi connectivity index (χ3n) is 4.36. The highest BCUT2D eigenvalue weighted by molar-refractivity contribution is 7.92. The topological polar surface area (TPSA) is 93.7 Å². The molecule has 0 saturated heterocycles. The van der Waals surface area contributed by atoms with E-state index in [1.807, 2.05) is 24.3 Å². The van der Waals surface area contributed by atoms with E-state index >= 15 is 0 Å². The van der Waals surface area contributed by atoms with Crippen LogP contribution in [0.2, 0.25) is 0 Å². The van der Waals surface area contributed by atoms with Gasteiger partial charge in [-0.15, -0.1) is 0 Å². The van der Waals surface area contributed by atoms with Crippen molar-refractivity contribution in [2.75, 3.05) is 18.9 Å². The molecule has 0 unspecified atom stereocenters. The molecule has 0 bridgehead atoms. The van der Waals surface area contributed by atoms with Gasteiger partial charge in [0.2, 0.25) is 0 Å². The first-order chi connectivity index (χ1) is 14.4. The van der Waals surface area contributed by atoms with E-state index in [4.69, 9.17) is 9.47 Å². The van der Waals surface area contributed by atoms with Crippen LogP contribution in [0, 0.1) is 0 Å². The number of sulfonamides is 1. The van der Waals surface area contributed by atoms with Gasteiger partial charge in [-0.25, -0.2) is 8.42 Å². The molecule has 7 nitrogen and oxygen atoms in total. The Morgan fingerprint density at radius 1 is 0.867 bits per heavy atom. The van der Waals surface area contributed by atoms with Gasteiger partial charge in [-0.05, 0) is 60.2 Å². The van der Waals surface area contributed by atoms with E-state index in [-0.39, 0.29) is 10.8 Å². The number of carbonyl (C=O) groups excluding carboxylic acids is 1. The number of hydrogen-bond acceptors (Lipinski definition) is 5. The summed E-state index contributed by atoms with van der Waals surface area (Å²) in [4.78, 5) is 12.6. The molecule has 0 atom stereocenters. The molecule has 0 aliphatic heterocycles. The highest BCUT2D eigenvalue weighted by atomic mass is 32.2. The molecule has 0 aliphatic carbocycles. The first-order valence-corrected chi connectivity index (χ1v) is 10.6. The fourth-order valence-electron chi connectivity index (χ4n) is 2.72. The number of carbonyl (C=O) groups is 1. The maximum atomic E-state index is 12.6. The number of rotatable bonds is 8. The maximum Gasteiger partial charge on any atom is 0.261 e. The van der Waals surface area contributed by atoms with E-state index in [1.165, 1.54) is 25.3 Å². The summed E-state index contributed by atoms with van der Waals surface area (Å²) < 4.78 is 37.8. The predicted molar refractivity (Wildman–Crippen MR) is 114 cm³/mol. The van der Waals surface area contributed by atoms with Crippen LogP contribution in [-0.4, -0.2) is 28.5 Å². The summed E-state index contributed by atoms with van der Waals surface area (Å²) in [7, 11) is -0.695. The summed E-state index contributed by atoms with van der Waals surface area (Å²) >= 11 is 0. The molecule has 8 heteroatoms. The number of benzene rings is 3. The molecule has 3 aromatic carbocycles. The van der Waals surface area contributed by atoms with Gasteiger partial charge in [-0.1, -0.05) is 18.2 Å². The van der Waals surface area contributed by atoms with Crippen molar-refractivity contribution >= 4 is 21.6 Å². The number of nitrogens with one attached hydrogen (secondary N) is 2. The van der Waals surface area contributed by atoms with Crippen LogP contribution >= 0.6 is 0 Å². The smallest absolute Gasteiger partial charge is 0.261 e. The lowest BCUT2D eigenvalue weighted by atomic mass is 10.1.